The molecule has 0 atom stereocenters. The molecule has 0 bridgehead atoms. The van der Waals surface area contributed by atoms with Crippen molar-refractivity contribution >= 4 is 11.6 Å². The lowest BCUT2D eigenvalue weighted by molar-refractivity contribution is 0.103. The van der Waals surface area contributed by atoms with Crippen LogP contribution in [0.1, 0.15) is 37.4 Å². The van der Waals surface area contributed by atoms with Crippen molar-refractivity contribution in [2.45, 2.75) is 6.92 Å². The number of ketones is 2. The van der Waals surface area contributed by atoms with E-state index >= 15 is 0 Å². The summed E-state index contributed by atoms with van der Waals surface area (Å²) in [6, 6.07) is 37.1. The molecular formula is C33H22O2. The van der Waals surface area contributed by atoms with Crippen LogP contribution in [0.3, 0.4) is 0 Å². The van der Waals surface area contributed by atoms with Gasteiger partial charge in [0.05, 0.1) is 0 Å². The van der Waals surface area contributed by atoms with Crippen LogP contribution in [0.4, 0.5) is 0 Å². The minimum atomic E-state index is -0.0819. The molecule has 0 heterocycles. The maximum Gasteiger partial charge on any atom is 0.194 e. The fourth-order valence-electron chi connectivity index (χ4n) is 5.00. The summed E-state index contributed by atoms with van der Waals surface area (Å²) in [6.45, 7) is 2.05. The molecule has 0 fully saturated rings. The van der Waals surface area contributed by atoms with Gasteiger partial charge in [0.2, 0.25) is 0 Å². The molecule has 1 aliphatic rings. The summed E-state index contributed by atoms with van der Waals surface area (Å²) in [5.74, 6) is -0.117. The van der Waals surface area contributed by atoms with Crippen LogP contribution in [0.25, 0.3) is 33.4 Å². The standard InChI is InChI=1S/C33H22O2/c1-21-16-18-23(19-17-21)28-20-27(22-10-4-2-5-11-22)31-29(25-14-8-9-15-26(25)33(31)35)30(28)32(34)24-12-6-3-7-13-24/h2-20H,1H3. The Labute approximate surface area is 204 Å². The molecule has 1 aliphatic carbocycles. The summed E-state index contributed by atoms with van der Waals surface area (Å²) in [5, 5.41) is 0. The molecular weight excluding hydrogens is 428 g/mol. The van der Waals surface area contributed by atoms with E-state index in [4.69, 9.17) is 0 Å². The largest absolute Gasteiger partial charge is 0.289 e. The molecule has 5 aromatic rings. The van der Waals surface area contributed by atoms with Crippen LogP contribution >= 0.6 is 0 Å². The molecule has 0 saturated heterocycles. The van der Waals surface area contributed by atoms with Gasteiger partial charge in [0.25, 0.3) is 0 Å². The first-order valence-electron chi connectivity index (χ1n) is 11.7. The van der Waals surface area contributed by atoms with Crippen LogP contribution in [0.5, 0.6) is 0 Å². The third-order valence-electron chi connectivity index (χ3n) is 6.71. The molecule has 0 aliphatic heterocycles. The van der Waals surface area contributed by atoms with E-state index in [1.165, 1.54) is 0 Å². The second kappa shape index (κ2) is 8.34. The predicted octanol–water partition coefficient (Wildman–Crippen LogP) is 7.77. The average Bonchev–Trinajstić information content (AvgIpc) is 3.21. The van der Waals surface area contributed by atoms with E-state index in [0.29, 0.717) is 22.3 Å². The van der Waals surface area contributed by atoms with Gasteiger partial charge in [0.1, 0.15) is 0 Å². The van der Waals surface area contributed by atoms with Gasteiger partial charge in [-0.1, -0.05) is 115 Å². The van der Waals surface area contributed by atoms with Gasteiger partial charge in [-0.2, -0.15) is 0 Å². The van der Waals surface area contributed by atoms with Gasteiger partial charge < -0.3 is 0 Å². The lowest BCUT2D eigenvalue weighted by Gasteiger charge is -2.19. The van der Waals surface area contributed by atoms with Crippen LogP contribution in [0, 0.1) is 6.92 Å². The molecule has 0 radical (unpaired) electrons. The van der Waals surface area contributed by atoms with Crippen molar-refractivity contribution in [1.82, 2.24) is 0 Å². The van der Waals surface area contributed by atoms with E-state index in [2.05, 4.69) is 24.3 Å². The van der Waals surface area contributed by atoms with E-state index in [0.717, 1.165) is 38.9 Å². The maximum absolute atomic E-state index is 14.1. The first kappa shape index (κ1) is 21.0. The van der Waals surface area contributed by atoms with Crippen molar-refractivity contribution in [2.75, 3.05) is 0 Å². The molecule has 35 heavy (non-hydrogen) atoms. The molecule has 2 nitrogen and oxygen atoms in total. The number of carbonyl (C=O) groups excluding carboxylic acids is 2. The number of hydrogen-bond donors (Lipinski definition) is 0. The highest BCUT2D eigenvalue weighted by Gasteiger charge is 2.35. The van der Waals surface area contributed by atoms with E-state index in [1.54, 1.807) is 0 Å². The molecule has 0 aromatic heterocycles. The summed E-state index contributed by atoms with van der Waals surface area (Å²) >= 11 is 0. The summed E-state index contributed by atoms with van der Waals surface area (Å²) < 4.78 is 0. The minimum Gasteiger partial charge on any atom is -0.289 e. The highest BCUT2D eigenvalue weighted by molar-refractivity contribution is 6.30. The van der Waals surface area contributed by atoms with Crippen molar-refractivity contribution in [1.29, 1.82) is 0 Å². The van der Waals surface area contributed by atoms with Crippen molar-refractivity contribution in [2.24, 2.45) is 0 Å². The highest BCUT2D eigenvalue weighted by Crippen LogP contribution is 2.48. The highest BCUT2D eigenvalue weighted by atomic mass is 16.1. The Balaban J connectivity index is 1.76. The number of benzene rings is 5. The van der Waals surface area contributed by atoms with Gasteiger partial charge in [-0.25, -0.2) is 0 Å². The van der Waals surface area contributed by atoms with Gasteiger partial charge in [-0.15, -0.1) is 0 Å². The van der Waals surface area contributed by atoms with Crippen molar-refractivity contribution in [3.8, 4) is 33.4 Å². The Morgan fingerprint density at radius 3 is 1.80 bits per heavy atom. The summed E-state index contributed by atoms with van der Waals surface area (Å²) in [6.07, 6.45) is 0. The van der Waals surface area contributed by atoms with Gasteiger partial charge in [0.15, 0.2) is 11.6 Å². The lowest BCUT2D eigenvalue weighted by atomic mass is 9.83. The van der Waals surface area contributed by atoms with Crippen LogP contribution < -0.4 is 0 Å². The molecule has 0 saturated carbocycles. The normalized spacial score (nSPS) is 11.7. The molecule has 6 rings (SSSR count). The molecule has 2 heteroatoms. The SMILES string of the molecule is Cc1ccc(-c2cc(-c3ccccc3)c3c(c2C(=O)c2ccccc2)-c2ccccc2C3=O)cc1. The fourth-order valence-corrected chi connectivity index (χ4v) is 5.00. The quantitative estimate of drug-likeness (QED) is 0.257. The zero-order valence-electron chi connectivity index (χ0n) is 19.3. The van der Waals surface area contributed by atoms with Crippen LogP contribution in [0.15, 0.2) is 115 Å². The summed E-state index contributed by atoms with van der Waals surface area (Å²) in [7, 11) is 0. The first-order valence-corrected chi connectivity index (χ1v) is 11.7. The zero-order valence-corrected chi connectivity index (χ0v) is 19.3. The Morgan fingerprint density at radius 2 is 1.11 bits per heavy atom. The second-order valence-corrected chi connectivity index (χ2v) is 8.90. The van der Waals surface area contributed by atoms with Gasteiger partial charge in [-0.3, -0.25) is 9.59 Å². The average molecular weight is 451 g/mol. The first-order chi connectivity index (χ1) is 17.1. The van der Waals surface area contributed by atoms with E-state index in [-0.39, 0.29) is 11.6 Å². The van der Waals surface area contributed by atoms with Gasteiger partial charge in [0, 0.05) is 27.8 Å². The topological polar surface area (TPSA) is 34.1 Å². The van der Waals surface area contributed by atoms with Gasteiger partial charge >= 0.3 is 0 Å². The predicted molar refractivity (Wildman–Crippen MR) is 141 cm³/mol. The molecule has 5 aromatic carbocycles. The van der Waals surface area contributed by atoms with Crippen molar-refractivity contribution in [3.63, 3.8) is 0 Å². The Bertz CT molecular complexity index is 1600. The Morgan fingerprint density at radius 1 is 0.543 bits per heavy atom. The molecule has 0 unspecified atom stereocenters. The van der Waals surface area contributed by atoms with E-state index in [1.807, 2.05) is 97.9 Å². The Kier molecular flexibility index (Phi) is 5.00. The van der Waals surface area contributed by atoms with Crippen LogP contribution in [0.2, 0.25) is 0 Å². The zero-order chi connectivity index (χ0) is 23.9. The third-order valence-corrected chi connectivity index (χ3v) is 6.71. The number of hydrogen-bond acceptors (Lipinski definition) is 2. The van der Waals surface area contributed by atoms with E-state index < -0.39 is 0 Å². The van der Waals surface area contributed by atoms with Gasteiger partial charge in [-0.05, 0) is 40.8 Å². The molecule has 0 amide bonds. The number of fused-ring (bicyclic) bond motifs is 3. The van der Waals surface area contributed by atoms with Crippen LogP contribution in [-0.2, 0) is 0 Å². The Hall–Kier alpha value is -4.56. The fraction of sp³-hybridized carbons (Fsp3) is 0.0303. The number of rotatable bonds is 4. The smallest absolute Gasteiger partial charge is 0.194 e. The van der Waals surface area contributed by atoms with Crippen LogP contribution in [-0.4, -0.2) is 11.6 Å². The third kappa shape index (κ3) is 3.43. The summed E-state index contributed by atoms with van der Waals surface area (Å²) in [4.78, 5) is 27.9. The second-order valence-electron chi connectivity index (χ2n) is 8.90. The maximum atomic E-state index is 14.1. The molecule has 0 spiro atoms. The minimum absolute atomic E-state index is 0.0352. The van der Waals surface area contributed by atoms with Crippen molar-refractivity contribution in [3.05, 3.63) is 143 Å². The lowest BCUT2D eigenvalue weighted by Crippen LogP contribution is -2.09. The monoisotopic (exact) mass is 450 g/mol. The number of carbonyl (C=O) groups is 2. The summed E-state index contributed by atoms with van der Waals surface area (Å²) in [5.41, 5.74) is 8.71. The molecule has 0 N–H and O–H groups in total. The van der Waals surface area contributed by atoms with E-state index in [9.17, 15) is 9.59 Å². The van der Waals surface area contributed by atoms with Crippen molar-refractivity contribution < 1.29 is 9.59 Å². The number of aryl methyl sites for hydroxylation is 1. The molecule has 166 valence electrons.